The van der Waals surface area contributed by atoms with Gasteiger partial charge in [0.15, 0.2) is 0 Å². The van der Waals surface area contributed by atoms with Gasteiger partial charge in [-0.25, -0.2) is 0 Å². The molecule has 1 amide bonds. The molecule has 0 radical (unpaired) electrons. The lowest BCUT2D eigenvalue weighted by Gasteiger charge is -2.12. The molecule has 5 nitrogen and oxygen atoms in total. The summed E-state index contributed by atoms with van der Waals surface area (Å²) in [4.78, 5) is 12.5. The quantitative estimate of drug-likeness (QED) is 0.652. The van der Waals surface area contributed by atoms with Crippen LogP contribution in [0, 0.1) is 0 Å². The number of hydrogen-bond donors (Lipinski definition) is 1. The summed E-state index contributed by atoms with van der Waals surface area (Å²) in [5.41, 5.74) is 1.30. The average molecular weight is 369 g/mol. The van der Waals surface area contributed by atoms with Crippen molar-refractivity contribution in [1.29, 1.82) is 0 Å². The first-order valence-corrected chi connectivity index (χ1v) is 9.63. The molecule has 1 saturated heterocycles. The van der Waals surface area contributed by atoms with Crippen LogP contribution in [0.5, 0.6) is 11.5 Å². The molecule has 2 aromatic carbocycles. The maximum absolute atomic E-state index is 12.5. The molecule has 5 heteroatoms. The number of anilines is 1. The summed E-state index contributed by atoms with van der Waals surface area (Å²) in [5.74, 6) is 1.33. The summed E-state index contributed by atoms with van der Waals surface area (Å²) < 4.78 is 17.0. The monoisotopic (exact) mass is 369 g/mol. The maximum atomic E-state index is 12.5. The molecule has 1 aliphatic heterocycles. The van der Waals surface area contributed by atoms with E-state index in [2.05, 4.69) is 12.2 Å². The van der Waals surface area contributed by atoms with Crippen LogP contribution in [0.15, 0.2) is 48.5 Å². The van der Waals surface area contributed by atoms with E-state index in [-0.39, 0.29) is 12.0 Å². The molecule has 1 heterocycles. The van der Waals surface area contributed by atoms with Crippen molar-refractivity contribution < 1.29 is 19.0 Å². The summed E-state index contributed by atoms with van der Waals surface area (Å²) in [6.07, 6.45) is 4.42. The molecule has 0 spiro atoms. The molecule has 1 fully saturated rings. The second kappa shape index (κ2) is 9.97. The SMILES string of the molecule is CCCCOc1cccc(C(=O)Nc2ccc(OC[C@@H]3CCCO3)cc2)c1. The van der Waals surface area contributed by atoms with Crippen LogP contribution in [-0.2, 0) is 4.74 Å². The second-order valence-corrected chi connectivity index (χ2v) is 6.65. The molecule has 1 aliphatic rings. The van der Waals surface area contributed by atoms with Crippen LogP contribution in [0.25, 0.3) is 0 Å². The number of unbranched alkanes of at least 4 members (excludes halogenated alkanes) is 1. The molecule has 144 valence electrons. The zero-order valence-electron chi connectivity index (χ0n) is 15.8. The average Bonchev–Trinajstić information content (AvgIpc) is 3.21. The fraction of sp³-hybridized carbons (Fsp3) is 0.409. The zero-order valence-corrected chi connectivity index (χ0v) is 15.8. The molecule has 1 N–H and O–H groups in total. The van der Waals surface area contributed by atoms with Crippen molar-refractivity contribution in [3.05, 3.63) is 54.1 Å². The van der Waals surface area contributed by atoms with Gasteiger partial charge in [-0.1, -0.05) is 19.4 Å². The Morgan fingerprint density at radius 2 is 2.00 bits per heavy atom. The number of hydrogen-bond acceptors (Lipinski definition) is 4. The maximum Gasteiger partial charge on any atom is 0.255 e. The third-order valence-electron chi connectivity index (χ3n) is 4.43. The Bertz CT molecular complexity index is 723. The van der Waals surface area contributed by atoms with Crippen LogP contribution >= 0.6 is 0 Å². The van der Waals surface area contributed by atoms with Gasteiger partial charge in [0.1, 0.15) is 18.1 Å². The van der Waals surface area contributed by atoms with E-state index in [1.807, 2.05) is 36.4 Å². The van der Waals surface area contributed by atoms with Gasteiger partial charge in [0.05, 0.1) is 12.7 Å². The van der Waals surface area contributed by atoms with Gasteiger partial charge in [0, 0.05) is 17.9 Å². The van der Waals surface area contributed by atoms with Crippen LogP contribution in [0.3, 0.4) is 0 Å². The van der Waals surface area contributed by atoms with Crippen molar-refractivity contribution in [1.82, 2.24) is 0 Å². The van der Waals surface area contributed by atoms with Gasteiger partial charge in [-0.3, -0.25) is 4.79 Å². The Labute approximate surface area is 160 Å². The molecule has 1 atom stereocenters. The first-order chi connectivity index (χ1) is 13.2. The van der Waals surface area contributed by atoms with Gasteiger partial charge in [0.2, 0.25) is 0 Å². The number of carbonyl (C=O) groups is 1. The first kappa shape index (κ1) is 19.2. The highest BCUT2D eigenvalue weighted by atomic mass is 16.5. The zero-order chi connectivity index (χ0) is 18.9. The molecular weight excluding hydrogens is 342 g/mol. The summed E-state index contributed by atoms with van der Waals surface area (Å²) in [7, 11) is 0. The topological polar surface area (TPSA) is 56.8 Å². The molecule has 27 heavy (non-hydrogen) atoms. The predicted molar refractivity (Wildman–Crippen MR) is 106 cm³/mol. The molecule has 0 saturated carbocycles. The lowest BCUT2D eigenvalue weighted by Crippen LogP contribution is -2.16. The Morgan fingerprint density at radius 3 is 2.74 bits per heavy atom. The van der Waals surface area contributed by atoms with Gasteiger partial charge in [-0.15, -0.1) is 0 Å². The van der Waals surface area contributed by atoms with E-state index in [0.29, 0.717) is 24.5 Å². The number of amides is 1. The van der Waals surface area contributed by atoms with Crippen LogP contribution < -0.4 is 14.8 Å². The van der Waals surface area contributed by atoms with Crippen LogP contribution in [-0.4, -0.2) is 31.8 Å². The molecule has 0 bridgehead atoms. The first-order valence-electron chi connectivity index (χ1n) is 9.63. The van der Waals surface area contributed by atoms with Crippen molar-refractivity contribution in [2.24, 2.45) is 0 Å². The molecule has 2 aromatic rings. The van der Waals surface area contributed by atoms with E-state index in [9.17, 15) is 4.79 Å². The summed E-state index contributed by atoms with van der Waals surface area (Å²) >= 11 is 0. The Kier molecular flexibility index (Phi) is 7.11. The van der Waals surface area contributed by atoms with Crippen LogP contribution in [0.2, 0.25) is 0 Å². The third kappa shape index (κ3) is 6.00. The van der Waals surface area contributed by atoms with Gasteiger partial charge >= 0.3 is 0 Å². The standard InChI is InChI=1S/C22H27NO4/c1-2-3-13-25-20-7-4-6-17(15-20)22(24)23-18-9-11-19(12-10-18)27-16-21-8-5-14-26-21/h4,6-7,9-12,15,21H,2-3,5,8,13-14,16H2,1H3,(H,23,24)/t21-/m0/s1. The molecule has 0 aliphatic carbocycles. The van der Waals surface area contributed by atoms with E-state index in [1.165, 1.54) is 0 Å². The van der Waals surface area contributed by atoms with Gasteiger partial charge in [-0.05, 0) is 61.7 Å². The largest absolute Gasteiger partial charge is 0.494 e. The Balaban J connectivity index is 1.51. The third-order valence-corrected chi connectivity index (χ3v) is 4.43. The number of nitrogens with one attached hydrogen (secondary N) is 1. The second-order valence-electron chi connectivity index (χ2n) is 6.65. The summed E-state index contributed by atoms with van der Waals surface area (Å²) in [6, 6.07) is 14.6. The number of ether oxygens (including phenoxy) is 3. The lowest BCUT2D eigenvalue weighted by atomic mass is 10.2. The highest BCUT2D eigenvalue weighted by Crippen LogP contribution is 2.20. The summed E-state index contributed by atoms with van der Waals surface area (Å²) in [5, 5.41) is 2.90. The Morgan fingerprint density at radius 1 is 1.15 bits per heavy atom. The molecule has 0 unspecified atom stereocenters. The van der Waals surface area contributed by atoms with Crippen molar-refractivity contribution >= 4 is 11.6 Å². The Hall–Kier alpha value is -2.53. The van der Waals surface area contributed by atoms with Crippen molar-refractivity contribution in [2.45, 2.75) is 38.7 Å². The minimum atomic E-state index is -0.163. The fourth-order valence-corrected chi connectivity index (χ4v) is 2.86. The number of rotatable bonds is 9. The molecule has 0 aromatic heterocycles. The minimum Gasteiger partial charge on any atom is -0.494 e. The van der Waals surface area contributed by atoms with E-state index < -0.39 is 0 Å². The molecular formula is C22H27NO4. The predicted octanol–water partition coefficient (Wildman–Crippen LogP) is 4.68. The number of carbonyl (C=O) groups excluding carboxylic acids is 1. The van der Waals surface area contributed by atoms with Crippen LogP contribution in [0.4, 0.5) is 5.69 Å². The summed E-state index contributed by atoms with van der Waals surface area (Å²) in [6.45, 7) is 4.17. The molecule has 3 rings (SSSR count). The smallest absolute Gasteiger partial charge is 0.255 e. The fourth-order valence-electron chi connectivity index (χ4n) is 2.86. The van der Waals surface area contributed by atoms with Crippen molar-refractivity contribution in [3.8, 4) is 11.5 Å². The van der Waals surface area contributed by atoms with E-state index >= 15 is 0 Å². The van der Waals surface area contributed by atoms with E-state index in [4.69, 9.17) is 14.2 Å². The number of benzene rings is 2. The van der Waals surface area contributed by atoms with Crippen molar-refractivity contribution in [2.75, 3.05) is 25.1 Å². The van der Waals surface area contributed by atoms with Gasteiger partial charge in [-0.2, -0.15) is 0 Å². The van der Waals surface area contributed by atoms with E-state index in [1.54, 1.807) is 12.1 Å². The van der Waals surface area contributed by atoms with Gasteiger partial charge in [0.25, 0.3) is 5.91 Å². The highest BCUT2D eigenvalue weighted by Gasteiger charge is 2.16. The van der Waals surface area contributed by atoms with Crippen molar-refractivity contribution in [3.63, 3.8) is 0 Å². The van der Waals surface area contributed by atoms with E-state index in [0.717, 1.165) is 43.7 Å². The minimum absolute atomic E-state index is 0.163. The highest BCUT2D eigenvalue weighted by molar-refractivity contribution is 6.04. The lowest BCUT2D eigenvalue weighted by molar-refractivity contribution is 0.0679. The van der Waals surface area contributed by atoms with Gasteiger partial charge < -0.3 is 19.5 Å². The van der Waals surface area contributed by atoms with Crippen LogP contribution in [0.1, 0.15) is 43.0 Å². The normalized spacial score (nSPS) is 16.1.